The van der Waals surface area contributed by atoms with Gasteiger partial charge in [0.15, 0.2) is 0 Å². The molecule has 2 aromatic rings. The molecule has 3 rings (SSSR count). The normalized spacial score (nSPS) is 14.8. The van der Waals surface area contributed by atoms with Gasteiger partial charge in [-0.1, -0.05) is 30.9 Å². The molecular weight excluding hydrogens is 340 g/mol. The van der Waals surface area contributed by atoms with Crippen molar-refractivity contribution in [3.05, 3.63) is 41.2 Å². The summed E-state index contributed by atoms with van der Waals surface area (Å²) < 4.78 is 5.10. The highest BCUT2D eigenvalue weighted by atomic mass is 35.5. The smallest absolute Gasteiger partial charge is 0.274 e. The molecule has 1 heterocycles. The minimum Gasteiger partial charge on any atom is -0.495 e. The number of nitrogens with one attached hydrogen (secondary N) is 2. The van der Waals surface area contributed by atoms with Gasteiger partial charge in [-0.25, -0.2) is 9.97 Å². The number of amides is 1. The summed E-state index contributed by atoms with van der Waals surface area (Å²) in [5.74, 6) is 0.739. The Kier molecular flexibility index (Phi) is 5.71. The fourth-order valence-electron chi connectivity index (χ4n) is 2.92. The van der Waals surface area contributed by atoms with Crippen LogP contribution in [0, 0.1) is 0 Å². The average molecular weight is 361 g/mol. The number of halogens is 1. The minimum atomic E-state index is -0.310. The fourth-order valence-corrected chi connectivity index (χ4v) is 3.18. The molecule has 25 heavy (non-hydrogen) atoms. The number of methoxy groups -OCH3 is 1. The third-order valence-electron chi connectivity index (χ3n) is 4.24. The van der Waals surface area contributed by atoms with Crippen LogP contribution in [0.15, 0.2) is 30.5 Å². The first-order chi connectivity index (χ1) is 12.2. The van der Waals surface area contributed by atoms with Crippen molar-refractivity contribution in [2.45, 2.75) is 38.1 Å². The number of nitrogens with zero attached hydrogens (tertiary/aromatic N) is 2. The molecule has 0 atom stereocenters. The van der Waals surface area contributed by atoms with Crippen LogP contribution in [0.25, 0.3) is 0 Å². The third-order valence-corrected chi connectivity index (χ3v) is 4.53. The van der Waals surface area contributed by atoms with Crippen LogP contribution in [0.5, 0.6) is 5.75 Å². The summed E-state index contributed by atoms with van der Waals surface area (Å²) in [5, 5.41) is 6.54. The molecule has 0 aliphatic heterocycles. The molecule has 1 saturated carbocycles. The van der Waals surface area contributed by atoms with Gasteiger partial charge in [0.25, 0.3) is 5.91 Å². The summed E-state index contributed by atoms with van der Waals surface area (Å²) in [6.07, 6.45) is 7.54. The Morgan fingerprint density at radius 2 is 2.04 bits per heavy atom. The largest absolute Gasteiger partial charge is 0.495 e. The van der Waals surface area contributed by atoms with E-state index < -0.39 is 0 Å². The van der Waals surface area contributed by atoms with Crippen molar-refractivity contribution in [3.8, 4) is 5.75 Å². The van der Waals surface area contributed by atoms with Gasteiger partial charge in [-0.3, -0.25) is 4.79 Å². The Labute approximate surface area is 152 Å². The molecule has 1 amide bonds. The van der Waals surface area contributed by atoms with E-state index in [0.717, 1.165) is 12.8 Å². The Balaban J connectivity index is 1.67. The molecule has 6 nitrogen and oxygen atoms in total. The second kappa shape index (κ2) is 8.16. The lowest BCUT2D eigenvalue weighted by Gasteiger charge is -2.22. The molecule has 1 fully saturated rings. The zero-order valence-electron chi connectivity index (χ0n) is 14.1. The van der Waals surface area contributed by atoms with Crippen LogP contribution in [-0.4, -0.2) is 29.0 Å². The summed E-state index contributed by atoms with van der Waals surface area (Å²) in [7, 11) is 1.54. The highest BCUT2D eigenvalue weighted by molar-refractivity contribution is 6.32. The van der Waals surface area contributed by atoms with Gasteiger partial charge in [-0.15, -0.1) is 0 Å². The van der Waals surface area contributed by atoms with Gasteiger partial charge in [-0.2, -0.15) is 0 Å². The topological polar surface area (TPSA) is 76.1 Å². The highest BCUT2D eigenvalue weighted by Gasteiger charge is 2.15. The quantitative estimate of drug-likeness (QED) is 0.838. The number of ether oxygens (including phenoxy) is 1. The summed E-state index contributed by atoms with van der Waals surface area (Å²) in [5.41, 5.74) is 0.886. The molecule has 0 spiro atoms. The molecule has 0 saturated heterocycles. The van der Waals surface area contributed by atoms with Crippen molar-refractivity contribution in [3.63, 3.8) is 0 Å². The van der Waals surface area contributed by atoms with E-state index >= 15 is 0 Å². The molecule has 0 unspecified atom stereocenters. The summed E-state index contributed by atoms with van der Waals surface area (Å²) in [4.78, 5) is 21.0. The molecular formula is C18H21ClN4O2. The van der Waals surface area contributed by atoms with Gasteiger partial charge in [0.1, 0.15) is 11.4 Å². The van der Waals surface area contributed by atoms with Crippen molar-refractivity contribution >= 4 is 29.1 Å². The van der Waals surface area contributed by atoms with Crippen molar-refractivity contribution in [1.82, 2.24) is 9.97 Å². The maximum Gasteiger partial charge on any atom is 0.274 e. The Morgan fingerprint density at radius 1 is 1.24 bits per heavy atom. The molecule has 1 aromatic heterocycles. The Hall–Kier alpha value is -2.34. The van der Waals surface area contributed by atoms with Crippen molar-refractivity contribution in [2.24, 2.45) is 0 Å². The van der Waals surface area contributed by atoms with E-state index in [2.05, 4.69) is 20.6 Å². The van der Waals surface area contributed by atoms with Crippen molar-refractivity contribution in [2.75, 3.05) is 17.7 Å². The van der Waals surface area contributed by atoms with Crippen LogP contribution in [0.4, 0.5) is 11.6 Å². The van der Waals surface area contributed by atoms with Crippen molar-refractivity contribution < 1.29 is 9.53 Å². The number of benzene rings is 1. The second-order valence-electron chi connectivity index (χ2n) is 6.05. The van der Waals surface area contributed by atoms with Crippen molar-refractivity contribution in [1.29, 1.82) is 0 Å². The number of carbonyl (C=O) groups is 1. The van der Waals surface area contributed by atoms with E-state index in [1.165, 1.54) is 19.3 Å². The number of hydrogen-bond acceptors (Lipinski definition) is 5. The summed E-state index contributed by atoms with van der Waals surface area (Å²) >= 11 is 6.08. The molecule has 1 aliphatic carbocycles. The average Bonchev–Trinajstić information content (AvgIpc) is 2.63. The number of hydrogen-bond donors (Lipinski definition) is 2. The predicted octanol–water partition coefficient (Wildman–Crippen LogP) is 4.14. The van der Waals surface area contributed by atoms with Gasteiger partial charge >= 0.3 is 0 Å². The first-order valence-corrected chi connectivity index (χ1v) is 8.78. The lowest BCUT2D eigenvalue weighted by Crippen LogP contribution is -2.24. The standard InChI is InChI=1S/C18H21ClN4O2/c1-25-16-8-7-13(11-14(16)19)21-17(24)15-9-10-20-18(23-15)22-12-5-3-2-4-6-12/h7-12H,2-6H2,1H3,(H,21,24)(H,20,22,23). The zero-order chi connectivity index (χ0) is 17.6. The van der Waals surface area contributed by atoms with E-state index in [4.69, 9.17) is 16.3 Å². The van der Waals surface area contributed by atoms with Crippen LogP contribution in [0.1, 0.15) is 42.6 Å². The van der Waals surface area contributed by atoms with Gasteiger partial charge in [0.2, 0.25) is 5.95 Å². The molecule has 1 aliphatic rings. The van der Waals surface area contributed by atoms with Crippen LogP contribution >= 0.6 is 11.6 Å². The fraction of sp³-hybridized carbons (Fsp3) is 0.389. The first kappa shape index (κ1) is 17.5. The number of rotatable bonds is 5. The second-order valence-corrected chi connectivity index (χ2v) is 6.46. The molecule has 1 aromatic carbocycles. The van der Waals surface area contributed by atoms with Gasteiger partial charge in [-0.05, 0) is 37.1 Å². The van der Waals surface area contributed by atoms with E-state index in [9.17, 15) is 4.79 Å². The molecule has 7 heteroatoms. The van der Waals surface area contributed by atoms with Crippen LogP contribution in [0.2, 0.25) is 5.02 Å². The van der Waals surface area contributed by atoms with Gasteiger partial charge in [0.05, 0.1) is 12.1 Å². The predicted molar refractivity (Wildman–Crippen MR) is 98.5 cm³/mol. The minimum absolute atomic E-state index is 0.306. The molecule has 0 radical (unpaired) electrons. The van der Waals surface area contributed by atoms with Crippen LogP contribution in [0.3, 0.4) is 0 Å². The first-order valence-electron chi connectivity index (χ1n) is 8.40. The Morgan fingerprint density at radius 3 is 2.76 bits per heavy atom. The van der Waals surface area contributed by atoms with E-state index in [1.54, 1.807) is 37.6 Å². The molecule has 0 bridgehead atoms. The number of aromatic nitrogens is 2. The van der Waals surface area contributed by atoms with E-state index in [-0.39, 0.29) is 5.91 Å². The SMILES string of the molecule is COc1ccc(NC(=O)c2ccnc(NC3CCCCC3)n2)cc1Cl. The number of anilines is 2. The zero-order valence-corrected chi connectivity index (χ0v) is 14.8. The lowest BCUT2D eigenvalue weighted by molar-refractivity contribution is 0.102. The van der Waals surface area contributed by atoms with E-state index in [1.807, 2.05) is 0 Å². The lowest BCUT2D eigenvalue weighted by atomic mass is 9.96. The molecule has 2 N–H and O–H groups in total. The molecule has 132 valence electrons. The van der Waals surface area contributed by atoms with Gasteiger partial charge in [0, 0.05) is 17.9 Å². The summed E-state index contributed by atoms with van der Waals surface area (Å²) in [6.45, 7) is 0. The van der Waals surface area contributed by atoms with Gasteiger partial charge < -0.3 is 15.4 Å². The monoisotopic (exact) mass is 360 g/mol. The van der Waals surface area contributed by atoms with E-state index in [0.29, 0.717) is 34.1 Å². The maximum atomic E-state index is 12.4. The third kappa shape index (κ3) is 4.60. The summed E-state index contributed by atoms with van der Waals surface area (Å²) in [6, 6.07) is 7.04. The maximum absolute atomic E-state index is 12.4. The highest BCUT2D eigenvalue weighted by Crippen LogP contribution is 2.27. The van der Waals surface area contributed by atoms with Crippen LogP contribution < -0.4 is 15.4 Å². The Bertz CT molecular complexity index is 748. The van der Waals surface area contributed by atoms with Crippen LogP contribution in [-0.2, 0) is 0 Å². The number of carbonyl (C=O) groups excluding carboxylic acids is 1.